The highest BCUT2D eigenvalue weighted by atomic mass is 79.9. The third-order valence-electron chi connectivity index (χ3n) is 4.33. The number of hydrogen-bond donors (Lipinski definition) is 0. The van der Waals surface area contributed by atoms with E-state index in [1.807, 2.05) is 11.0 Å². The quantitative estimate of drug-likeness (QED) is 0.707. The Hall–Kier alpha value is -1.79. The van der Waals surface area contributed by atoms with Crippen molar-refractivity contribution in [3.8, 4) is 5.75 Å². The summed E-state index contributed by atoms with van der Waals surface area (Å²) in [5.41, 5.74) is 0.578. The highest BCUT2D eigenvalue weighted by Crippen LogP contribution is 2.29. The lowest BCUT2D eigenvalue weighted by atomic mass is 10.2. The van der Waals surface area contributed by atoms with Crippen LogP contribution in [0.5, 0.6) is 5.75 Å². The van der Waals surface area contributed by atoms with Crippen LogP contribution in [0.1, 0.15) is 6.92 Å². The number of carbonyl (C=O) groups excluding carboxylic acids is 1. The number of amides is 1. The van der Waals surface area contributed by atoms with Crippen LogP contribution < -0.4 is 9.64 Å². The minimum absolute atomic E-state index is 0.0833. The molecule has 0 N–H and O–H groups in total. The van der Waals surface area contributed by atoms with E-state index >= 15 is 0 Å². The van der Waals surface area contributed by atoms with Crippen LogP contribution in [0.2, 0.25) is 5.02 Å². The second kappa shape index (κ2) is 8.27. The fourth-order valence-corrected chi connectivity index (χ4v) is 3.72. The molecule has 1 amide bonds. The van der Waals surface area contributed by atoms with Crippen molar-refractivity contribution in [1.29, 1.82) is 0 Å². The van der Waals surface area contributed by atoms with Gasteiger partial charge in [-0.05, 0) is 53.2 Å². The van der Waals surface area contributed by atoms with E-state index < -0.39 is 6.10 Å². The van der Waals surface area contributed by atoms with Crippen molar-refractivity contribution in [2.75, 3.05) is 31.1 Å². The number of piperazine rings is 1. The monoisotopic (exact) mass is 440 g/mol. The van der Waals surface area contributed by atoms with Crippen LogP contribution >= 0.6 is 27.5 Å². The molecule has 138 valence electrons. The summed E-state index contributed by atoms with van der Waals surface area (Å²) in [6.07, 6.45) is -0.618. The molecular formula is C19H19BrClFN2O2. The first kappa shape index (κ1) is 19.0. The molecule has 2 aromatic carbocycles. The number of benzene rings is 2. The Kier molecular flexibility index (Phi) is 6.04. The first-order valence-electron chi connectivity index (χ1n) is 8.35. The predicted octanol–water partition coefficient (Wildman–Crippen LogP) is 4.36. The topological polar surface area (TPSA) is 32.8 Å². The zero-order valence-corrected chi connectivity index (χ0v) is 16.6. The van der Waals surface area contributed by atoms with Crippen LogP contribution in [0.15, 0.2) is 46.9 Å². The Morgan fingerprint density at radius 2 is 1.88 bits per heavy atom. The average Bonchev–Trinajstić information content (AvgIpc) is 2.64. The van der Waals surface area contributed by atoms with Gasteiger partial charge in [-0.1, -0.05) is 23.7 Å². The molecule has 0 radical (unpaired) electrons. The van der Waals surface area contributed by atoms with Crippen molar-refractivity contribution in [3.05, 3.63) is 57.8 Å². The van der Waals surface area contributed by atoms with Gasteiger partial charge in [0.1, 0.15) is 11.6 Å². The van der Waals surface area contributed by atoms with Gasteiger partial charge in [0, 0.05) is 31.2 Å². The maximum absolute atomic E-state index is 13.9. The molecule has 0 aromatic heterocycles. The molecule has 7 heteroatoms. The smallest absolute Gasteiger partial charge is 0.263 e. The Labute approximate surface area is 165 Å². The maximum Gasteiger partial charge on any atom is 0.263 e. The van der Waals surface area contributed by atoms with Crippen LogP contribution in [0.25, 0.3) is 0 Å². The minimum Gasteiger partial charge on any atom is -0.480 e. The lowest BCUT2D eigenvalue weighted by Crippen LogP contribution is -2.52. The third kappa shape index (κ3) is 4.30. The van der Waals surface area contributed by atoms with Crippen molar-refractivity contribution < 1.29 is 13.9 Å². The number of ether oxygens (including phenoxy) is 1. The van der Waals surface area contributed by atoms with Crippen LogP contribution in [0, 0.1) is 5.82 Å². The van der Waals surface area contributed by atoms with Crippen molar-refractivity contribution in [2.45, 2.75) is 13.0 Å². The van der Waals surface area contributed by atoms with E-state index in [1.165, 1.54) is 6.07 Å². The van der Waals surface area contributed by atoms with E-state index in [-0.39, 0.29) is 11.7 Å². The minimum atomic E-state index is -0.618. The van der Waals surface area contributed by atoms with Gasteiger partial charge in [0.05, 0.1) is 10.2 Å². The first-order valence-corrected chi connectivity index (χ1v) is 9.53. The summed E-state index contributed by atoms with van der Waals surface area (Å²) in [6.45, 7) is 3.96. The number of nitrogens with zero attached hydrogens (tertiary/aromatic N) is 2. The van der Waals surface area contributed by atoms with Crippen LogP contribution in [0.3, 0.4) is 0 Å². The maximum atomic E-state index is 13.9. The molecular weight excluding hydrogens is 423 g/mol. The van der Waals surface area contributed by atoms with Gasteiger partial charge in [-0.2, -0.15) is 0 Å². The Balaban J connectivity index is 1.58. The largest absolute Gasteiger partial charge is 0.480 e. The van der Waals surface area contributed by atoms with E-state index in [1.54, 1.807) is 42.2 Å². The third-order valence-corrected chi connectivity index (χ3v) is 5.18. The number of carbonyl (C=O) groups is 1. The molecule has 0 bridgehead atoms. The molecule has 0 spiro atoms. The molecule has 1 saturated heterocycles. The molecule has 1 aliphatic rings. The molecule has 1 heterocycles. The van der Waals surface area contributed by atoms with Gasteiger partial charge < -0.3 is 14.5 Å². The first-order chi connectivity index (χ1) is 12.5. The summed E-state index contributed by atoms with van der Waals surface area (Å²) in [4.78, 5) is 16.4. The second-order valence-corrected chi connectivity index (χ2v) is 7.39. The standard InChI is InChI=1S/C19H19BrClFN2O2/c1-13(26-18-7-6-14(21)12-15(18)20)19(25)24-10-8-23(9-11-24)17-5-3-2-4-16(17)22/h2-7,12-13H,8-11H2,1H3/t13-/m0/s1. The summed E-state index contributed by atoms with van der Waals surface area (Å²) in [5.74, 6) is 0.247. The number of anilines is 1. The van der Waals surface area contributed by atoms with Crippen LogP contribution in [-0.2, 0) is 4.79 Å². The molecule has 3 rings (SSSR count). The molecule has 1 fully saturated rings. The van der Waals surface area contributed by atoms with E-state index in [9.17, 15) is 9.18 Å². The molecule has 4 nitrogen and oxygen atoms in total. The Morgan fingerprint density at radius 1 is 1.19 bits per heavy atom. The lowest BCUT2D eigenvalue weighted by Gasteiger charge is -2.37. The summed E-state index contributed by atoms with van der Waals surface area (Å²) >= 11 is 9.31. The van der Waals surface area contributed by atoms with Gasteiger partial charge in [0.25, 0.3) is 5.91 Å². The fourth-order valence-electron chi connectivity index (χ4n) is 2.94. The van der Waals surface area contributed by atoms with Crippen molar-refractivity contribution in [2.24, 2.45) is 0 Å². The normalized spacial score (nSPS) is 15.7. The van der Waals surface area contributed by atoms with Crippen molar-refractivity contribution in [1.82, 2.24) is 4.90 Å². The molecule has 1 atom stereocenters. The molecule has 0 saturated carbocycles. The number of para-hydroxylation sites is 1. The zero-order valence-electron chi connectivity index (χ0n) is 14.3. The van der Waals surface area contributed by atoms with Crippen LogP contribution in [-0.4, -0.2) is 43.1 Å². The Bertz CT molecular complexity index is 797. The number of rotatable bonds is 4. The van der Waals surface area contributed by atoms with Crippen molar-refractivity contribution in [3.63, 3.8) is 0 Å². The summed E-state index contributed by atoms with van der Waals surface area (Å²) < 4.78 is 20.4. The van der Waals surface area contributed by atoms with Gasteiger partial charge >= 0.3 is 0 Å². The molecule has 26 heavy (non-hydrogen) atoms. The van der Waals surface area contributed by atoms with Crippen LogP contribution in [0.4, 0.5) is 10.1 Å². The van der Waals surface area contributed by atoms with Gasteiger partial charge in [-0.25, -0.2) is 4.39 Å². The summed E-state index contributed by atoms with van der Waals surface area (Å²) in [6, 6.07) is 11.9. The number of hydrogen-bond acceptors (Lipinski definition) is 3. The zero-order chi connectivity index (χ0) is 18.7. The van der Waals surface area contributed by atoms with Gasteiger partial charge in [0.2, 0.25) is 0 Å². The molecule has 0 unspecified atom stereocenters. The average molecular weight is 442 g/mol. The number of halogens is 3. The van der Waals surface area contributed by atoms with Gasteiger partial charge in [0.15, 0.2) is 6.10 Å². The van der Waals surface area contributed by atoms with Crippen molar-refractivity contribution >= 4 is 39.1 Å². The van der Waals surface area contributed by atoms with E-state index in [0.717, 1.165) is 0 Å². The second-order valence-electron chi connectivity index (χ2n) is 6.10. The Morgan fingerprint density at radius 3 is 2.54 bits per heavy atom. The highest BCUT2D eigenvalue weighted by molar-refractivity contribution is 9.10. The molecule has 2 aromatic rings. The SMILES string of the molecule is C[C@H](Oc1ccc(Cl)cc1Br)C(=O)N1CCN(c2ccccc2F)CC1. The van der Waals surface area contributed by atoms with Gasteiger partial charge in [-0.3, -0.25) is 4.79 Å². The summed E-state index contributed by atoms with van der Waals surface area (Å²) in [7, 11) is 0. The fraction of sp³-hybridized carbons (Fsp3) is 0.316. The van der Waals surface area contributed by atoms with E-state index in [4.69, 9.17) is 16.3 Å². The van der Waals surface area contributed by atoms with E-state index in [2.05, 4.69) is 15.9 Å². The van der Waals surface area contributed by atoms with E-state index in [0.29, 0.717) is 47.1 Å². The molecule has 0 aliphatic carbocycles. The predicted molar refractivity (Wildman–Crippen MR) is 104 cm³/mol. The lowest BCUT2D eigenvalue weighted by molar-refractivity contribution is -0.138. The van der Waals surface area contributed by atoms with Gasteiger partial charge in [-0.15, -0.1) is 0 Å². The summed E-state index contributed by atoms with van der Waals surface area (Å²) in [5, 5.41) is 0.590. The highest BCUT2D eigenvalue weighted by Gasteiger charge is 2.27. The molecule has 1 aliphatic heterocycles.